The molecule has 1 aliphatic heterocycles. The van der Waals surface area contributed by atoms with Gasteiger partial charge in [0.1, 0.15) is 12.1 Å². The van der Waals surface area contributed by atoms with E-state index < -0.39 is 6.04 Å². The van der Waals surface area contributed by atoms with Crippen LogP contribution in [0.4, 0.5) is 5.69 Å². The number of imide groups is 1. The largest absolute Gasteiger partial charge is 0.372 e. The van der Waals surface area contributed by atoms with Gasteiger partial charge in [-0.3, -0.25) is 14.5 Å². The molecule has 5 heteroatoms. The average Bonchev–Trinajstić information content (AvgIpc) is 2.41. The summed E-state index contributed by atoms with van der Waals surface area (Å²) in [5, 5.41) is 12.2. The van der Waals surface area contributed by atoms with Crippen LogP contribution in [0, 0.1) is 18.3 Å². The lowest BCUT2D eigenvalue weighted by Crippen LogP contribution is -2.48. The molecule has 1 aromatic carbocycles. The number of rotatable bonds is 2. The van der Waals surface area contributed by atoms with Gasteiger partial charge in [0.2, 0.25) is 5.91 Å². The molecule has 19 heavy (non-hydrogen) atoms. The Hall–Kier alpha value is -2.35. The molecular weight excluding hydrogens is 242 g/mol. The monoisotopic (exact) mass is 257 g/mol. The maximum atomic E-state index is 12.0. The van der Waals surface area contributed by atoms with Crippen LogP contribution in [0.1, 0.15) is 24.0 Å². The maximum absolute atomic E-state index is 12.0. The predicted molar refractivity (Wildman–Crippen MR) is 70.3 cm³/mol. The van der Waals surface area contributed by atoms with Gasteiger partial charge >= 0.3 is 0 Å². The van der Waals surface area contributed by atoms with Crippen LogP contribution >= 0.6 is 0 Å². The number of benzene rings is 1. The number of hydrogen-bond acceptors (Lipinski definition) is 4. The molecule has 0 radical (unpaired) electrons. The summed E-state index contributed by atoms with van der Waals surface area (Å²) in [7, 11) is 1.49. The van der Waals surface area contributed by atoms with Gasteiger partial charge in [-0.15, -0.1) is 0 Å². The molecule has 0 saturated carbocycles. The Morgan fingerprint density at radius 3 is 2.84 bits per heavy atom. The van der Waals surface area contributed by atoms with Gasteiger partial charge in [0.05, 0.1) is 11.3 Å². The number of piperidine rings is 1. The highest BCUT2D eigenvalue weighted by Crippen LogP contribution is 2.23. The summed E-state index contributed by atoms with van der Waals surface area (Å²) < 4.78 is 0. The number of amides is 2. The molecule has 1 unspecified atom stereocenters. The fraction of sp³-hybridized carbons (Fsp3) is 0.357. The SMILES string of the molecule is Cc1cccc(C#N)c1NC1CCC(=O)N(C)C1=O. The third-order valence-electron chi connectivity index (χ3n) is 3.36. The normalized spacial score (nSPS) is 19.2. The van der Waals surface area contributed by atoms with Crippen molar-refractivity contribution >= 4 is 17.5 Å². The van der Waals surface area contributed by atoms with E-state index in [1.807, 2.05) is 13.0 Å². The molecule has 0 aliphatic carbocycles. The number of nitrogens with zero attached hydrogens (tertiary/aromatic N) is 2. The molecule has 0 bridgehead atoms. The number of carbonyl (C=O) groups excluding carboxylic acids is 2. The first-order valence-corrected chi connectivity index (χ1v) is 6.11. The Morgan fingerprint density at radius 2 is 2.16 bits per heavy atom. The lowest BCUT2D eigenvalue weighted by Gasteiger charge is -2.29. The minimum Gasteiger partial charge on any atom is -0.372 e. The summed E-state index contributed by atoms with van der Waals surface area (Å²) in [5.74, 6) is -0.406. The number of para-hydroxylation sites is 1. The molecule has 1 fully saturated rings. The highest BCUT2D eigenvalue weighted by atomic mass is 16.2. The molecule has 0 aromatic heterocycles. The second kappa shape index (κ2) is 5.11. The molecule has 1 atom stereocenters. The van der Waals surface area contributed by atoms with E-state index >= 15 is 0 Å². The molecule has 0 spiro atoms. The zero-order valence-electron chi connectivity index (χ0n) is 10.9. The van der Waals surface area contributed by atoms with E-state index in [4.69, 9.17) is 5.26 Å². The number of nitriles is 1. The van der Waals surface area contributed by atoms with Crippen LogP contribution in [0.25, 0.3) is 0 Å². The van der Waals surface area contributed by atoms with E-state index in [9.17, 15) is 9.59 Å². The number of likely N-dealkylation sites (tertiary alicyclic amines) is 1. The Bertz CT molecular complexity index is 575. The van der Waals surface area contributed by atoms with E-state index in [0.717, 1.165) is 10.5 Å². The molecule has 1 saturated heterocycles. The topological polar surface area (TPSA) is 73.2 Å². The molecule has 1 aliphatic rings. The van der Waals surface area contributed by atoms with Gasteiger partial charge in [-0.2, -0.15) is 5.26 Å². The number of nitrogens with one attached hydrogen (secondary N) is 1. The molecule has 1 heterocycles. The van der Waals surface area contributed by atoms with Crippen LogP contribution in [0.2, 0.25) is 0 Å². The molecule has 98 valence electrons. The van der Waals surface area contributed by atoms with Gasteiger partial charge in [-0.1, -0.05) is 12.1 Å². The lowest BCUT2D eigenvalue weighted by molar-refractivity contribution is -0.146. The van der Waals surface area contributed by atoms with E-state index in [1.165, 1.54) is 7.05 Å². The zero-order chi connectivity index (χ0) is 14.0. The predicted octanol–water partition coefficient (Wildman–Crippen LogP) is 1.43. The van der Waals surface area contributed by atoms with Crippen molar-refractivity contribution in [3.63, 3.8) is 0 Å². The van der Waals surface area contributed by atoms with E-state index in [1.54, 1.807) is 12.1 Å². The van der Waals surface area contributed by atoms with Crippen molar-refractivity contribution < 1.29 is 9.59 Å². The summed E-state index contributed by atoms with van der Waals surface area (Å²) in [5.41, 5.74) is 2.09. The van der Waals surface area contributed by atoms with Crippen molar-refractivity contribution in [1.29, 1.82) is 5.26 Å². The minimum atomic E-state index is -0.448. The van der Waals surface area contributed by atoms with Gasteiger partial charge in [-0.05, 0) is 25.0 Å². The zero-order valence-corrected chi connectivity index (χ0v) is 10.9. The second-order valence-electron chi connectivity index (χ2n) is 4.64. The summed E-state index contributed by atoms with van der Waals surface area (Å²) >= 11 is 0. The summed E-state index contributed by atoms with van der Waals surface area (Å²) in [6.45, 7) is 1.88. The standard InChI is InChI=1S/C14H15N3O2/c1-9-4-3-5-10(8-15)13(9)16-11-6-7-12(18)17(2)14(11)19/h3-5,11,16H,6-7H2,1-2H3. The quantitative estimate of drug-likeness (QED) is 0.813. The highest BCUT2D eigenvalue weighted by Gasteiger charge is 2.32. The van der Waals surface area contributed by atoms with E-state index in [-0.39, 0.29) is 11.8 Å². The smallest absolute Gasteiger partial charge is 0.251 e. The van der Waals surface area contributed by atoms with Crippen LogP contribution in [-0.4, -0.2) is 29.8 Å². The van der Waals surface area contributed by atoms with Crippen LogP contribution in [0.5, 0.6) is 0 Å². The Kier molecular flexibility index (Phi) is 3.52. The molecule has 2 rings (SSSR count). The minimum absolute atomic E-state index is 0.159. The van der Waals surface area contributed by atoms with Crippen LogP contribution in [0.15, 0.2) is 18.2 Å². The van der Waals surface area contributed by atoms with Crippen molar-refractivity contribution in [3.8, 4) is 6.07 Å². The number of carbonyl (C=O) groups is 2. The Morgan fingerprint density at radius 1 is 1.42 bits per heavy atom. The third-order valence-corrected chi connectivity index (χ3v) is 3.36. The summed E-state index contributed by atoms with van der Waals surface area (Å²) in [6, 6.07) is 7.05. The van der Waals surface area contributed by atoms with Crippen molar-refractivity contribution in [2.24, 2.45) is 0 Å². The fourth-order valence-electron chi connectivity index (χ4n) is 2.18. The number of likely N-dealkylation sites (N-methyl/N-ethyl adjacent to an activating group) is 1. The third kappa shape index (κ3) is 2.43. The first-order valence-electron chi connectivity index (χ1n) is 6.11. The molecule has 2 amide bonds. The first-order chi connectivity index (χ1) is 9.04. The van der Waals surface area contributed by atoms with Gasteiger partial charge in [-0.25, -0.2) is 0 Å². The second-order valence-corrected chi connectivity index (χ2v) is 4.64. The van der Waals surface area contributed by atoms with Crippen LogP contribution in [-0.2, 0) is 9.59 Å². The van der Waals surface area contributed by atoms with Gasteiger partial charge in [0.15, 0.2) is 0 Å². The van der Waals surface area contributed by atoms with Crippen LogP contribution < -0.4 is 5.32 Å². The lowest BCUT2D eigenvalue weighted by atomic mass is 10.0. The van der Waals surface area contributed by atoms with Crippen molar-refractivity contribution in [2.45, 2.75) is 25.8 Å². The Balaban J connectivity index is 2.25. The van der Waals surface area contributed by atoms with E-state index in [0.29, 0.717) is 24.1 Å². The number of aryl methyl sites for hydroxylation is 1. The molecule has 1 aromatic rings. The number of hydrogen-bond donors (Lipinski definition) is 1. The van der Waals surface area contributed by atoms with Gasteiger partial charge < -0.3 is 5.32 Å². The fourth-order valence-corrected chi connectivity index (χ4v) is 2.18. The van der Waals surface area contributed by atoms with Crippen LogP contribution in [0.3, 0.4) is 0 Å². The summed E-state index contributed by atoms with van der Waals surface area (Å²) in [4.78, 5) is 24.6. The van der Waals surface area contributed by atoms with E-state index in [2.05, 4.69) is 11.4 Å². The average molecular weight is 257 g/mol. The first kappa shape index (κ1) is 13.1. The Labute approximate surface area is 111 Å². The van der Waals surface area contributed by atoms with Gasteiger partial charge in [0.25, 0.3) is 5.91 Å². The van der Waals surface area contributed by atoms with Crippen molar-refractivity contribution in [2.75, 3.05) is 12.4 Å². The molecule has 5 nitrogen and oxygen atoms in total. The summed E-state index contributed by atoms with van der Waals surface area (Å²) in [6.07, 6.45) is 0.800. The van der Waals surface area contributed by atoms with Gasteiger partial charge in [0, 0.05) is 13.5 Å². The molecular formula is C14H15N3O2. The van der Waals surface area contributed by atoms with Crippen molar-refractivity contribution in [1.82, 2.24) is 4.90 Å². The molecule has 1 N–H and O–H groups in total. The highest BCUT2D eigenvalue weighted by molar-refractivity contribution is 6.01. The maximum Gasteiger partial charge on any atom is 0.251 e. The van der Waals surface area contributed by atoms with Crippen molar-refractivity contribution in [3.05, 3.63) is 29.3 Å². The number of anilines is 1.